The van der Waals surface area contributed by atoms with Crippen LogP contribution in [0.5, 0.6) is 0 Å². The van der Waals surface area contributed by atoms with Crippen LogP contribution in [-0.2, 0) is 11.3 Å². The van der Waals surface area contributed by atoms with E-state index >= 15 is 0 Å². The van der Waals surface area contributed by atoms with Crippen molar-refractivity contribution in [3.8, 4) is 0 Å². The van der Waals surface area contributed by atoms with Gasteiger partial charge < -0.3 is 4.74 Å². The molecule has 0 atom stereocenters. The second-order valence-electron chi connectivity index (χ2n) is 3.23. The molecule has 1 nitrogen and oxygen atoms in total. The van der Waals surface area contributed by atoms with E-state index in [1.807, 2.05) is 37.3 Å². The molecule has 0 unspecified atom stereocenters. The van der Waals surface area contributed by atoms with E-state index in [2.05, 4.69) is 13.2 Å². The van der Waals surface area contributed by atoms with Crippen LogP contribution in [-0.4, -0.2) is 0 Å². The molecule has 0 aromatic heterocycles. The Hall–Kier alpha value is -1.76. The van der Waals surface area contributed by atoms with E-state index in [4.69, 9.17) is 4.74 Å². The standard InChI is InChI=1S/C14H16O/c1-4-12(3)14(5-2)15-11-13-9-7-6-8-10-13/h4-10H,1-2,11H2,3H3/b14-12+. The fourth-order valence-corrected chi connectivity index (χ4v) is 1.17. The highest BCUT2D eigenvalue weighted by atomic mass is 16.5. The quantitative estimate of drug-likeness (QED) is 0.518. The van der Waals surface area contributed by atoms with Crippen molar-refractivity contribution in [2.45, 2.75) is 13.5 Å². The van der Waals surface area contributed by atoms with Crippen LogP contribution in [0.2, 0.25) is 0 Å². The Kier molecular flexibility index (Phi) is 4.42. The summed E-state index contributed by atoms with van der Waals surface area (Å²) in [7, 11) is 0. The van der Waals surface area contributed by atoms with Crippen molar-refractivity contribution < 1.29 is 4.74 Å². The van der Waals surface area contributed by atoms with E-state index in [-0.39, 0.29) is 0 Å². The Morgan fingerprint density at radius 2 is 1.87 bits per heavy atom. The zero-order chi connectivity index (χ0) is 11.1. The Morgan fingerprint density at radius 3 is 2.40 bits per heavy atom. The molecule has 0 radical (unpaired) electrons. The number of rotatable bonds is 5. The minimum atomic E-state index is 0.563. The topological polar surface area (TPSA) is 9.23 Å². The first kappa shape index (κ1) is 11.3. The molecule has 0 aliphatic carbocycles. The van der Waals surface area contributed by atoms with Crippen LogP contribution in [0.3, 0.4) is 0 Å². The van der Waals surface area contributed by atoms with Crippen molar-refractivity contribution in [2.24, 2.45) is 0 Å². The predicted octanol–water partition coefficient (Wildman–Crippen LogP) is 3.85. The van der Waals surface area contributed by atoms with E-state index in [1.165, 1.54) is 0 Å². The molecular formula is C14H16O. The van der Waals surface area contributed by atoms with Crippen LogP contribution in [0.4, 0.5) is 0 Å². The van der Waals surface area contributed by atoms with Crippen LogP contribution in [0.25, 0.3) is 0 Å². The Bertz CT molecular complexity index is 360. The van der Waals surface area contributed by atoms with Gasteiger partial charge in [0.25, 0.3) is 0 Å². The maximum Gasteiger partial charge on any atom is 0.122 e. The Morgan fingerprint density at radius 1 is 1.20 bits per heavy atom. The van der Waals surface area contributed by atoms with Crippen LogP contribution >= 0.6 is 0 Å². The number of ether oxygens (including phenoxy) is 1. The molecule has 1 aromatic carbocycles. The molecule has 1 heteroatoms. The number of hydrogen-bond donors (Lipinski definition) is 0. The van der Waals surface area contributed by atoms with Crippen molar-refractivity contribution in [1.29, 1.82) is 0 Å². The van der Waals surface area contributed by atoms with Crippen LogP contribution in [0.1, 0.15) is 12.5 Å². The van der Waals surface area contributed by atoms with Crippen LogP contribution in [0.15, 0.2) is 67.0 Å². The molecule has 15 heavy (non-hydrogen) atoms. The lowest BCUT2D eigenvalue weighted by Crippen LogP contribution is -1.93. The lowest BCUT2D eigenvalue weighted by atomic mass is 10.2. The number of hydrogen-bond acceptors (Lipinski definition) is 1. The summed E-state index contributed by atoms with van der Waals surface area (Å²) < 4.78 is 5.62. The second kappa shape index (κ2) is 5.86. The normalized spacial score (nSPS) is 11.5. The molecule has 0 aliphatic heterocycles. The predicted molar refractivity (Wildman–Crippen MR) is 64.3 cm³/mol. The molecule has 1 rings (SSSR count). The Labute approximate surface area is 91.4 Å². The molecule has 0 heterocycles. The summed E-state index contributed by atoms with van der Waals surface area (Å²) >= 11 is 0. The molecular weight excluding hydrogens is 184 g/mol. The molecule has 0 amide bonds. The van der Waals surface area contributed by atoms with Crippen molar-refractivity contribution in [3.05, 3.63) is 72.5 Å². The lowest BCUT2D eigenvalue weighted by Gasteiger charge is -2.08. The van der Waals surface area contributed by atoms with Gasteiger partial charge in [0.1, 0.15) is 12.4 Å². The Balaban J connectivity index is 2.64. The molecule has 0 spiro atoms. The van der Waals surface area contributed by atoms with Crippen LogP contribution < -0.4 is 0 Å². The summed E-state index contributed by atoms with van der Waals surface area (Å²) in [6.45, 7) is 9.93. The highest BCUT2D eigenvalue weighted by Gasteiger charge is 1.97. The van der Waals surface area contributed by atoms with Gasteiger partial charge in [-0.1, -0.05) is 49.6 Å². The highest BCUT2D eigenvalue weighted by molar-refractivity contribution is 5.25. The first-order valence-electron chi connectivity index (χ1n) is 4.90. The van der Waals surface area contributed by atoms with E-state index in [9.17, 15) is 0 Å². The van der Waals surface area contributed by atoms with Gasteiger partial charge in [0.2, 0.25) is 0 Å². The maximum atomic E-state index is 5.62. The molecule has 0 aliphatic rings. The first-order valence-corrected chi connectivity index (χ1v) is 4.90. The van der Waals surface area contributed by atoms with Gasteiger partial charge in [-0.15, -0.1) is 0 Å². The first-order chi connectivity index (χ1) is 7.27. The van der Waals surface area contributed by atoms with Crippen LogP contribution in [0, 0.1) is 0 Å². The van der Waals surface area contributed by atoms with Gasteiger partial charge in [0, 0.05) is 0 Å². The van der Waals surface area contributed by atoms with Crippen molar-refractivity contribution in [2.75, 3.05) is 0 Å². The average molecular weight is 200 g/mol. The zero-order valence-corrected chi connectivity index (χ0v) is 9.07. The third-order valence-corrected chi connectivity index (χ3v) is 2.12. The highest BCUT2D eigenvalue weighted by Crippen LogP contribution is 2.11. The van der Waals surface area contributed by atoms with Gasteiger partial charge in [-0.2, -0.15) is 0 Å². The van der Waals surface area contributed by atoms with Gasteiger partial charge in [-0.3, -0.25) is 0 Å². The molecule has 0 fully saturated rings. The molecule has 78 valence electrons. The number of benzene rings is 1. The third kappa shape index (κ3) is 3.47. The molecule has 0 bridgehead atoms. The largest absolute Gasteiger partial charge is 0.489 e. The molecule has 0 saturated carbocycles. The lowest BCUT2D eigenvalue weighted by molar-refractivity contribution is 0.209. The van der Waals surface area contributed by atoms with Gasteiger partial charge in [0.15, 0.2) is 0 Å². The van der Waals surface area contributed by atoms with Gasteiger partial charge in [0.05, 0.1) is 0 Å². The van der Waals surface area contributed by atoms with Gasteiger partial charge in [-0.05, 0) is 24.1 Å². The van der Waals surface area contributed by atoms with Crippen molar-refractivity contribution in [3.63, 3.8) is 0 Å². The summed E-state index contributed by atoms with van der Waals surface area (Å²) in [5.74, 6) is 0.786. The smallest absolute Gasteiger partial charge is 0.122 e. The minimum Gasteiger partial charge on any atom is -0.489 e. The third-order valence-electron chi connectivity index (χ3n) is 2.12. The molecule has 0 saturated heterocycles. The zero-order valence-electron chi connectivity index (χ0n) is 9.07. The van der Waals surface area contributed by atoms with Crippen molar-refractivity contribution in [1.82, 2.24) is 0 Å². The fourth-order valence-electron chi connectivity index (χ4n) is 1.17. The van der Waals surface area contributed by atoms with Crippen molar-refractivity contribution >= 4 is 0 Å². The van der Waals surface area contributed by atoms with Gasteiger partial charge in [-0.25, -0.2) is 0 Å². The summed E-state index contributed by atoms with van der Waals surface area (Å²) in [5.41, 5.74) is 2.15. The second-order valence-corrected chi connectivity index (χ2v) is 3.23. The maximum absolute atomic E-state index is 5.62. The van der Waals surface area contributed by atoms with Gasteiger partial charge >= 0.3 is 0 Å². The van der Waals surface area contributed by atoms with E-state index in [0.29, 0.717) is 6.61 Å². The summed E-state index contributed by atoms with van der Waals surface area (Å²) in [6, 6.07) is 10.0. The molecule has 0 N–H and O–H groups in total. The number of allylic oxidation sites excluding steroid dienone is 3. The summed E-state index contributed by atoms with van der Waals surface area (Å²) in [6.07, 6.45) is 3.47. The van der Waals surface area contributed by atoms with E-state index < -0.39 is 0 Å². The molecule has 1 aromatic rings. The SMILES string of the molecule is C=C/C(C)=C(\C=C)OCc1ccccc1. The van der Waals surface area contributed by atoms with E-state index in [0.717, 1.165) is 16.9 Å². The fraction of sp³-hybridized carbons (Fsp3) is 0.143. The van der Waals surface area contributed by atoms with E-state index in [1.54, 1.807) is 12.2 Å². The average Bonchev–Trinajstić information content (AvgIpc) is 2.31. The monoisotopic (exact) mass is 200 g/mol. The summed E-state index contributed by atoms with van der Waals surface area (Å²) in [5, 5.41) is 0. The minimum absolute atomic E-state index is 0.563. The summed E-state index contributed by atoms with van der Waals surface area (Å²) in [4.78, 5) is 0.